The normalized spacial score (nSPS) is 20.4. The predicted octanol–water partition coefficient (Wildman–Crippen LogP) is 6.41. The molecule has 0 aromatic heterocycles. The van der Waals surface area contributed by atoms with Crippen molar-refractivity contribution in [3.05, 3.63) is 65.2 Å². The van der Waals surface area contributed by atoms with Crippen LogP contribution in [0.25, 0.3) is 0 Å². The van der Waals surface area contributed by atoms with Crippen molar-refractivity contribution in [2.75, 3.05) is 5.32 Å². The molecule has 1 fully saturated rings. The van der Waals surface area contributed by atoms with Gasteiger partial charge in [-0.1, -0.05) is 63.1 Å². The second-order valence-electron chi connectivity index (χ2n) is 7.51. The highest BCUT2D eigenvalue weighted by Gasteiger charge is 2.24. The Morgan fingerprint density at radius 1 is 0.880 bits per heavy atom. The molecule has 2 aromatic carbocycles. The summed E-state index contributed by atoms with van der Waals surface area (Å²) < 4.78 is 0. The lowest BCUT2D eigenvalue weighted by Gasteiger charge is -2.33. The highest BCUT2D eigenvalue weighted by atomic mass is 14.9. The lowest BCUT2D eigenvalue weighted by molar-refractivity contribution is 0.308. The van der Waals surface area contributed by atoms with Gasteiger partial charge in [0.1, 0.15) is 0 Å². The van der Waals surface area contributed by atoms with Gasteiger partial charge >= 0.3 is 0 Å². The summed E-state index contributed by atoms with van der Waals surface area (Å²) >= 11 is 0. The molecule has 0 aliphatic heterocycles. The Hall–Kier alpha value is -1.76. The molecule has 25 heavy (non-hydrogen) atoms. The van der Waals surface area contributed by atoms with E-state index in [-0.39, 0.29) is 0 Å². The van der Waals surface area contributed by atoms with E-state index in [0.717, 1.165) is 18.8 Å². The first kappa shape index (κ1) is 18.0. The zero-order chi connectivity index (χ0) is 17.5. The first-order valence-electron chi connectivity index (χ1n) is 10.2. The van der Waals surface area contributed by atoms with Crippen LogP contribution in [0.3, 0.4) is 0 Å². The van der Waals surface area contributed by atoms with Gasteiger partial charge in [0.25, 0.3) is 0 Å². The van der Waals surface area contributed by atoms with E-state index in [1.165, 1.54) is 60.9 Å². The summed E-state index contributed by atoms with van der Waals surface area (Å²) in [4.78, 5) is 0. The third-order valence-electron chi connectivity index (χ3n) is 5.88. The van der Waals surface area contributed by atoms with Crippen LogP contribution in [0.1, 0.15) is 62.6 Å². The molecule has 2 aromatic rings. The number of hydrogen-bond donors (Lipinski definition) is 1. The number of hydrogen-bond acceptors (Lipinski definition) is 1. The first-order chi connectivity index (χ1) is 12.3. The summed E-state index contributed by atoms with van der Waals surface area (Å²) in [7, 11) is 0. The zero-order valence-corrected chi connectivity index (χ0v) is 15.9. The number of anilines is 1. The van der Waals surface area contributed by atoms with Gasteiger partial charge < -0.3 is 5.32 Å². The molecule has 134 valence electrons. The molecule has 2 unspecified atom stereocenters. The van der Waals surface area contributed by atoms with Crippen LogP contribution >= 0.6 is 0 Å². The summed E-state index contributed by atoms with van der Waals surface area (Å²) in [5.74, 6) is 0.796. The molecule has 1 aliphatic rings. The lowest BCUT2D eigenvalue weighted by atomic mass is 9.81. The molecule has 1 nitrogen and oxygen atoms in total. The van der Waals surface area contributed by atoms with Crippen molar-refractivity contribution >= 4 is 5.69 Å². The van der Waals surface area contributed by atoms with E-state index in [1.54, 1.807) is 0 Å². The lowest BCUT2D eigenvalue weighted by Crippen LogP contribution is -2.32. The standard InChI is InChI=1S/C24H33N/c1-3-20-16-17-23(18-21(20)4-2)25-24-13-9-8-12-22(24)15-14-19-10-6-5-7-11-19/h5-7,10-11,16-18,22,24-25H,3-4,8-9,12-15H2,1-2H3. The third-order valence-corrected chi connectivity index (χ3v) is 5.88. The van der Waals surface area contributed by atoms with Gasteiger partial charge in [-0.15, -0.1) is 0 Å². The van der Waals surface area contributed by atoms with E-state index in [9.17, 15) is 0 Å². The molecular formula is C24H33N. The minimum Gasteiger partial charge on any atom is -0.382 e. The Balaban J connectivity index is 1.64. The quantitative estimate of drug-likeness (QED) is 0.616. The number of aryl methyl sites for hydroxylation is 3. The van der Waals surface area contributed by atoms with Crippen LogP contribution in [0.4, 0.5) is 5.69 Å². The average Bonchev–Trinajstić information content (AvgIpc) is 2.68. The van der Waals surface area contributed by atoms with E-state index in [2.05, 4.69) is 67.7 Å². The van der Waals surface area contributed by atoms with Gasteiger partial charge in [0.05, 0.1) is 0 Å². The Morgan fingerprint density at radius 2 is 1.64 bits per heavy atom. The van der Waals surface area contributed by atoms with Gasteiger partial charge in [-0.05, 0) is 73.3 Å². The van der Waals surface area contributed by atoms with Gasteiger partial charge in [-0.3, -0.25) is 0 Å². The second-order valence-corrected chi connectivity index (χ2v) is 7.51. The Morgan fingerprint density at radius 3 is 2.40 bits per heavy atom. The molecule has 0 bridgehead atoms. The smallest absolute Gasteiger partial charge is 0.0345 e. The molecule has 0 saturated heterocycles. The largest absolute Gasteiger partial charge is 0.382 e. The van der Waals surface area contributed by atoms with Gasteiger partial charge in [-0.25, -0.2) is 0 Å². The highest BCUT2D eigenvalue weighted by Crippen LogP contribution is 2.31. The molecule has 0 radical (unpaired) electrons. The number of benzene rings is 2. The van der Waals surface area contributed by atoms with Gasteiger partial charge in [0.2, 0.25) is 0 Å². The van der Waals surface area contributed by atoms with Crippen LogP contribution in [-0.2, 0) is 19.3 Å². The van der Waals surface area contributed by atoms with Crippen molar-refractivity contribution in [3.63, 3.8) is 0 Å². The Kier molecular flexibility index (Phi) is 6.55. The zero-order valence-electron chi connectivity index (χ0n) is 15.9. The van der Waals surface area contributed by atoms with Crippen molar-refractivity contribution in [1.82, 2.24) is 0 Å². The second kappa shape index (κ2) is 9.08. The van der Waals surface area contributed by atoms with E-state index < -0.39 is 0 Å². The van der Waals surface area contributed by atoms with E-state index >= 15 is 0 Å². The van der Waals surface area contributed by atoms with Crippen LogP contribution in [0.5, 0.6) is 0 Å². The molecule has 1 heteroatoms. The fourth-order valence-corrected chi connectivity index (χ4v) is 4.34. The fraction of sp³-hybridized carbons (Fsp3) is 0.500. The van der Waals surface area contributed by atoms with Crippen molar-refractivity contribution in [2.45, 2.75) is 71.3 Å². The summed E-state index contributed by atoms with van der Waals surface area (Å²) in [5, 5.41) is 3.89. The SMILES string of the molecule is CCc1ccc(NC2CCCCC2CCc2ccccc2)cc1CC. The molecular weight excluding hydrogens is 302 g/mol. The Bertz CT molecular complexity index is 646. The van der Waals surface area contributed by atoms with Crippen LogP contribution in [0, 0.1) is 5.92 Å². The summed E-state index contributed by atoms with van der Waals surface area (Å²) in [6, 6.07) is 18.6. The molecule has 0 amide bonds. The number of rotatable bonds is 7. The molecule has 1 aliphatic carbocycles. The summed E-state index contributed by atoms with van der Waals surface area (Å²) in [6.07, 6.45) is 10.2. The van der Waals surface area contributed by atoms with Crippen LogP contribution < -0.4 is 5.32 Å². The molecule has 2 atom stereocenters. The summed E-state index contributed by atoms with van der Waals surface area (Å²) in [5.41, 5.74) is 5.81. The van der Waals surface area contributed by atoms with E-state index in [4.69, 9.17) is 0 Å². The molecule has 0 heterocycles. The fourth-order valence-electron chi connectivity index (χ4n) is 4.34. The minimum atomic E-state index is 0.634. The Labute approximate surface area is 153 Å². The predicted molar refractivity (Wildman–Crippen MR) is 109 cm³/mol. The van der Waals surface area contributed by atoms with Gasteiger partial charge in [-0.2, -0.15) is 0 Å². The third kappa shape index (κ3) is 4.87. The van der Waals surface area contributed by atoms with E-state index in [1.807, 2.05) is 0 Å². The monoisotopic (exact) mass is 335 g/mol. The maximum Gasteiger partial charge on any atom is 0.0345 e. The molecule has 0 spiro atoms. The molecule has 1 saturated carbocycles. The van der Waals surface area contributed by atoms with Crippen LogP contribution in [0.2, 0.25) is 0 Å². The first-order valence-corrected chi connectivity index (χ1v) is 10.2. The van der Waals surface area contributed by atoms with E-state index in [0.29, 0.717) is 6.04 Å². The molecule has 3 rings (SSSR count). The summed E-state index contributed by atoms with van der Waals surface area (Å²) in [6.45, 7) is 4.52. The van der Waals surface area contributed by atoms with Gasteiger partial charge in [0, 0.05) is 11.7 Å². The molecule has 1 N–H and O–H groups in total. The van der Waals surface area contributed by atoms with Crippen molar-refractivity contribution in [2.24, 2.45) is 5.92 Å². The van der Waals surface area contributed by atoms with Crippen LogP contribution in [-0.4, -0.2) is 6.04 Å². The van der Waals surface area contributed by atoms with Crippen molar-refractivity contribution in [1.29, 1.82) is 0 Å². The maximum atomic E-state index is 3.89. The topological polar surface area (TPSA) is 12.0 Å². The van der Waals surface area contributed by atoms with Gasteiger partial charge in [0.15, 0.2) is 0 Å². The number of nitrogens with one attached hydrogen (secondary N) is 1. The van der Waals surface area contributed by atoms with Crippen molar-refractivity contribution in [3.8, 4) is 0 Å². The highest BCUT2D eigenvalue weighted by molar-refractivity contribution is 5.49. The van der Waals surface area contributed by atoms with Crippen LogP contribution in [0.15, 0.2) is 48.5 Å². The van der Waals surface area contributed by atoms with Crippen molar-refractivity contribution < 1.29 is 0 Å². The maximum absolute atomic E-state index is 3.89. The minimum absolute atomic E-state index is 0.634. The average molecular weight is 336 g/mol.